The normalized spacial score (nSPS) is 11.9. The second-order valence-electron chi connectivity index (χ2n) is 3.89. The molecule has 5 nitrogen and oxygen atoms in total. The number of carboxylic acid groups (broad SMARTS) is 1. The average molecular weight is 255 g/mol. The molecule has 0 aliphatic heterocycles. The Balaban J connectivity index is 2.83. The molecule has 0 aromatic heterocycles. The molecule has 0 aliphatic rings. The second-order valence-corrected chi connectivity index (χ2v) is 3.89. The van der Waals surface area contributed by atoms with Gasteiger partial charge in [0.2, 0.25) is 0 Å². The number of halogens is 1. The van der Waals surface area contributed by atoms with Gasteiger partial charge >= 0.3 is 5.97 Å². The highest BCUT2D eigenvalue weighted by atomic mass is 19.1. The van der Waals surface area contributed by atoms with Gasteiger partial charge < -0.3 is 15.5 Å². The molecular weight excluding hydrogens is 241 g/mol. The number of hydrogen-bond donors (Lipinski definition) is 3. The van der Waals surface area contributed by atoms with Gasteiger partial charge in [-0.15, -0.1) is 0 Å². The van der Waals surface area contributed by atoms with Gasteiger partial charge in [0.15, 0.2) is 0 Å². The lowest BCUT2D eigenvalue weighted by atomic mass is 10.1. The maximum atomic E-state index is 13.1. The molecule has 0 spiro atoms. The van der Waals surface area contributed by atoms with Crippen LogP contribution >= 0.6 is 0 Å². The second kappa shape index (κ2) is 6.11. The first kappa shape index (κ1) is 14.1. The van der Waals surface area contributed by atoms with Gasteiger partial charge in [0.05, 0.1) is 0 Å². The van der Waals surface area contributed by atoms with E-state index in [1.54, 1.807) is 6.92 Å². The first-order valence-electron chi connectivity index (χ1n) is 5.35. The van der Waals surface area contributed by atoms with Crippen LogP contribution in [0.1, 0.15) is 22.3 Å². The Labute approximate surface area is 103 Å². The highest BCUT2D eigenvalue weighted by Crippen LogP contribution is 2.08. The minimum atomic E-state index is -1.24. The van der Waals surface area contributed by atoms with Gasteiger partial charge in [-0.2, -0.15) is 0 Å². The van der Waals surface area contributed by atoms with E-state index in [9.17, 15) is 14.0 Å². The Morgan fingerprint density at radius 3 is 2.56 bits per heavy atom. The van der Waals surface area contributed by atoms with Gasteiger partial charge in [0.25, 0.3) is 5.91 Å². The van der Waals surface area contributed by atoms with Crippen LogP contribution in [-0.4, -0.2) is 34.7 Å². The summed E-state index contributed by atoms with van der Waals surface area (Å²) >= 11 is 0. The molecular formula is C12H14FNO4. The minimum absolute atomic E-state index is 0.0525. The van der Waals surface area contributed by atoms with Crippen LogP contribution in [0.2, 0.25) is 0 Å². The fourth-order valence-corrected chi connectivity index (χ4v) is 1.50. The lowest BCUT2D eigenvalue weighted by Crippen LogP contribution is -2.41. The van der Waals surface area contributed by atoms with E-state index in [0.717, 1.165) is 6.07 Å². The molecule has 0 fully saturated rings. The molecule has 0 saturated carbocycles. The third-order valence-corrected chi connectivity index (χ3v) is 2.33. The number of aliphatic hydroxyl groups is 1. The summed E-state index contributed by atoms with van der Waals surface area (Å²) in [4.78, 5) is 22.5. The number of carboxylic acids is 1. The van der Waals surface area contributed by atoms with E-state index in [1.165, 1.54) is 12.1 Å². The number of aliphatic carboxylic acids is 1. The lowest BCUT2D eigenvalue weighted by molar-refractivity contribution is -0.139. The molecule has 0 aliphatic carbocycles. The summed E-state index contributed by atoms with van der Waals surface area (Å²) < 4.78 is 13.1. The van der Waals surface area contributed by atoms with Gasteiger partial charge in [-0.05, 0) is 30.7 Å². The van der Waals surface area contributed by atoms with E-state index in [-0.39, 0.29) is 18.6 Å². The van der Waals surface area contributed by atoms with Crippen LogP contribution in [-0.2, 0) is 4.79 Å². The van der Waals surface area contributed by atoms with E-state index < -0.39 is 23.7 Å². The van der Waals surface area contributed by atoms with Gasteiger partial charge in [0.1, 0.15) is 11.9 Å². The van der Waals surface area contributed by atoms with Crippen molar-refractivity contribution in [2.45, 2.75) is 19.4 Å². The van der Waals surface area contributed by atoms with Crippen molar-refractivity contribution in [3.8, 4) is 0 Å². The molecule has 1 amide bonds. The summed E-state index contributed by atoms with van der Waals surface area (Å²) in [5.41, 5.74) is 0.617. The molecule has 98 valence electrons. The standard InChI is InChI=1S/C12H14FNO4/c1-7-4-8(6-9(13)5-7)11(16)14-10(2-3-15)12(17)18/h4-6,10,15H,2-3H2,1H3,(H,14,16)(H,17,18)/t10-/m1/s1. The monoisotopic (exact) mass is 255 g/mol. The Morgan fingerprint density at radius 2 is 2.06 bits per heavy atom. The third-order valence-electron chi connectivity index (χ3n) is 2.33. The van der Waals surface area contributed by atoms with Crippen molar-refractivity contribution < 1.29 is 24.2 Å². The van der Waals surface area contributed by atoms with Crippen molar-refractivity contribution in [2.24, 2.45) is 0 Å². The molecule has 0 heterocycles. The molecule has 3 N–H and O–H groups in total. The number of rotatable bonds is 5. The number of carbonyl (C=O) groups excluding carboxylic acids is 1. The first-order valence-corrected chi connectivity index (χ1v) is 5.35. The zero-order valence-corrected chi connectivity index (χ0v) is 9.81. The first-order chi connectivity index (χ1) is 8.43. The van der Waals surface area contributed by atoms with Crippen molar-refractivity contribution in [1.82, 2.24) is 5.32 Å². The molecule has 0 bridgehead atoms. The molecule has 18 heavy (non-hydrogen) atoms. The Morgan fingerprint density at radius 1 is 1.39 bits per heavy atom. The van der Waals surface area contributed by atoms with Gasteiger partial charge in [-0.25, -0.2) is 9.18 Å². The summed E-state index contributed by atoms with van der Waals surface area (Å²) in [5.74, 6) is -2.49. The number of aliphatic hydroxyl groups excluding tert-OH is 1. The van der Waals surface area contributed by atoms with Gasteiger partial charge in [-0.3, -0.25) is 4.79 Å². The predicted octanol–water partition coefficient (Wildman–Crippen LogP) is 0.700. The zero-order chi connectivity index (χ0) is 13.7. The van der Waals surface area contributed by atoms with Crippen LogP contribution in [0, 0.1) is 12.7 Å². The smallest absolute Gasteiger partial charge is 0.326 e. The summed E-state index contributed by atoms with van der Waals surface area (Å²) in [6, 6.07) is 2.56. The Bertz CT molecular complexity index is 441. The summed E-state index contributed by atoms with van der Waals surface area (Å²) in [6.45, 7) is 1.27. The van der Waals surface area contributed by atoms with Gasteiger partial charge in [-0.1, -0.05) is 0 Å². The molecule has 0 unspecified atom stereocenters. The van der Waals surface area contributed by atoms with E-state index in [0.29, 0.717) is 5.56 Å². The lowest BCUT2D eigenvalue weighted by Gasteiger charge is -2.13. The summed E-state index contributed by atoms with van der Waals surface area (Å²) in [5, 5.41) is 19.7. The molecule has 1 aromatic carbocycles. The zero-order valence-electron chi connectivity index (χ0n) is 9.81. The van der Waals surface area contributed by atoms with E-state index in [1.807, 2.05) is 0 Å². The Hall–Kier alpha value is -1.95. The number of aryl methyl sites for hydroxylation is 1. The van der Waals surface area contributed by atoms with Crippen LogP contribution < -0.4 is 5.32 Å². The van der Waals surface area contributed by atoms with Crippen molar-refractivity contribution in [3.63, 3.8) is 0 Å². The SMILES string of the molecule is Cc1cc(F)cc(C(=O)N[C@H](CCO)C(=O)O)c1. The third kappa shape index (κ3) is 3.81. The number of nitrogens with one attached hydrogen (secondary N) is 1. The molecule has 6 heteroatoms. The van der Waals surface area contributed by atoms with Crippen LogP contribution in [0.4, 0.5) is 4.39 Å². The maximum absolute atomic E-state index is 13.1. The van der Waals surface area contributed by atoms with E-state index >= 15 is 0 Å². The van der Waals surface area contributed by atoms with E-state index in [4.69, 9.17) is 10.2 Å². The number of hydrogen-bond acceptors (Lipinski definition) is 3. The highest BCUT2D eigenvalue weighted by Gasteiger charge is 2.20. The molecule has 0 radical (unpaired) electrons. The fraction of sp³-hybridized carbons (Fsp3) is 0.333. The summed E-state index contributed by atoms with van der Waals surface area (Å²) in [6.07, 6.45) is -0.102. The van der Waals surface area contributed by atoms with Crippen LogP contribution in [0.25, 0.3) is 0 Å². The fourth-order valence-electron chi connectivity index (χ4n) is 1.50. The topological polar surface area (TPSA) is 86.6 Å². The molecule has 1 rings (SSSR count). The minimum Gasteiger partial charge on any atom is -0.480 e. The van der Waals surface area contributed by atoms with Gasteiger partial charge in [0, 0.05) is 18.6 Å². The Kier molecular flexibility index (Phi) is 4.79. The van der Waals surface area contributed by atoms with E-state index in [2.05, 4.69) is 5.32 Å². The maximum Gasteiger partial charge on any atom is 0.326 e. The van der Waals surface area contributed by atoms with Crippen molar-refractivity contribution >= 4 is 11.9 Å². The predicted molar refractivity (Wildman–Crippen MR) is 61.7 cm³/mol. The van der Waals surface area contributed by atoms with Crippen molar-refractivity contribution in [1.29, 1.82) is 0 Å². The van der Waals surface area contributed by atoms with Crippen LogP contribution in [0.5, 0.6) is 0 Å². The number of carbonyl (C=O) groups is 2. The van der Waals surface area contributed by atoms with Crippen molar-refractivity contribution in [3.05, 3.63) is 35.1 Å². The largest absolute Gasteiger partial charge is 0.480 e. The molecule has 1 aromatic rings. The number of benzene rings is 1. The van der Waals surface area contributed by atoms with Crippen molar-refractivity contribution in [2.75, 3.05) is 6.61 Å². The molecule has 1 atom stereocenters. The summed E-state index contributed by atoms with van der Waals surface area (Å²) in [7, 11) is 0. The highest BCUT2D eigenvalue weighted by molar-refractivity contribution is 5.96. The average Bonchev–Trinajstić information content (AvgIpc) is 2.26. The van der Waals surface area contributed by atoms with Crippen LogP contribution in [0.3, 0.4) is 0 Å². The quantitative estimate of drug-likeness (QED) is 0.722. The van der Waals surface area contributed by atoms with Crippen LogP contribution in [0.15, 0.2) is 18.2 Å². The molecule has 0 saturated heterocycles. The number of amides is 1.